The topological polar surface area (TPSA) is 40.6 Å². The zero-order valence-corrected chi connectivity index (χ0v) is 18.8. The SMILES string of the molecule is CC(C)S(=O)(=O)CC1CCC(CCc2ccc(N3CCN(C)CC3)cc2)CC1. The molecule has 158 valence electrons. The monoisotopic (exact) mass is 406 g/mol. The van der Waals surface area contributed by atoms with Crippen LogP contribution in [0.1, 0.15) is 51.5 Å². The Bertz CT molecular complexity index is 699. The molecule has 1 aliphatic heterocycles. The Morgan fingerprint density at radius 2 is 1.50 bits per heavy atom. The van der Waals surface area contributed by atoms with Gasteiger partial charge in [-0.2, -0.15) is 0 Å². The van der Waals surface area contributed by atoms with Crippen molar-refractivity contribution in [1.29, 1.82) is 0 Å². The van der Waals surface area contributed by atoms with Crippen molar-refractivity contribution in [2.24, 2.45) is 11.8 Å². The summed E-state index contributed by atoms with van der Waals surface area (Å²) < 4.78 is 24.3. The first-order valence-corrected chi connectivity index (χ1v) is 12.8. The van der Waals surface area contributed by atoms with Crippen LogP contribution in [-0.4, -0.2) is 57.5 Å². The number of hydrogen-bond acceptors (Lipinski definition) is 4. The number of piperazine rings is 1. The van der Waals surface area contributed by atoms with E-state index in [-0.39, 0.29) is 5.25 Å². The van der Waals surface area contributed by atoms with Crippen molar-refractivity contribution in [2.75, 3.05) is 43.9 Å². The molecule has 5 heteroatoms. The van der Waals surface area contributed by atoms with E-state index < -0.39 is 9.84 Å². The third kappa shape index (κ3) is 5.96. The first-order chi connectivity index (χ1) is 13.3. The van der Waals surface area contributed by atoms with E-state index >= 15 is 0 Å². The van der Waals surface area contributed by atoms with Gasteiger partial charge in [-0.25, -0.2) is 8.42 Å². The highest BCUT2D eigenvalue weighted by molar-refractivity contribution is 7.91. The molecule has 0 bridgehead atoms. The van der Waals surface area contributed by atoms with Crippen LogP contribution in [0, 0.1) is 11.8 Å². The Kier molecular flexibility index (Phi) is 7.43. The van der Waals surface area contributed by atoms with E-state index in [9.17, 15) is 8.42 Å². The van der Waals surface area contributed by atoms with Crippen LogP contribution >= 0.6 is 0 Å². The lowest BCUT2D eigenvalue weighted by Crippen LogP contribution is -2.44. The standard InChI is InChI=1S/C23H38N2O2S/c1-19(2)28(26,27)18-22-8-6-20(7-9-22)4-5-21-10-12-23(13-11-21)25-16-14-24(3)15-17-25/h10-13,19-20,22H,4-9,14-18H2,1-3H3. The molecule has 3 rings (SSSR count). The molecule has 1 saturated heterocycles. The lowest BCUT2D eigenvalue weighted by atomic mass is 9.80. The number of benzene rings is 1. The molecule has 0 aromatic heterocycles. The van der Waals surface area contributed by atoms with Gasteiger partial charge >= 0.3 is 0 Å². The van der Waals surface area contributed by atoms with Crippen molar-refractivity contribution in [1.82, 2.24) is 4.90 Å². The van der Waals surface area contributed by atoms with Gasteiger partial charge < -0.3 is 9.80 Å². The average molecular weight is 407 g/mol. The number of anilines is 1. The second-order valence-corrected chi connectivity index (χ2v) is 11.9. The molecule has 0 atom stereocenters. The maximum Gasteiger partial charge on any atom is 0.152 e. The fourth-order valence-electron chi connectivity index (χ4n) is 4.52. The lowest BCUT2D eigenvalue weighted by molar-refractivity contribution is 0.278. The van der Waals surface area contributed by atoms with E-state index in [1.54, 1.807) is 13.8 Å². The van der Waals surface area contributed by atoms with E-state index in [1.807, 2.05) is 0 Å². The summed E-state index contributed by atoms with van der Waals surface area (Å²) in [4.78, 5) is 4.87. The Balaban J connectivity index is 1.41. The lowest BCUT2D eigenvalue weighted by Gasteiger charge is -2.34. The molecule has 0 amide bonds. The van der Waals surface area contributed by atoms with Gasteiger partial charge in [-0.1, -0.05) is 25.0 Å². The van der Waals surface area contributed by atoms with Crippen LogP contribution in [0.15, 0.2) is 24.3 Å². The Hall–Kier alpha value is -1.07. The summed E-state index contributed by atoms with van der Waals surface area (Å²) in [5.74, 6) is 1.53. The molecule has 4 nitrogen and oxygen atoms in total. The molecule has 1 heterocycles. The van der Waals surface area contributed by atoms with Crippen LogP contribution in [-0.2, 0) is 16.3 Å². The van der Waals surface area contributed by atoms with Crippen LogP contribution in [0.3, 0.4) is 0 Å². The van der Waals surface area contributed by atoms with Gasteiger partial charge in [0.2, 0.25) is 0 Å². The predicted molar refractivity (Wildman–Crippen MR) is 119 cm³/mol. The normalized spacial score (nSPS) is 24.6. The number of nitrogens with zero attached hydrogens (tertiary/aromatic N) is 2. The molecule has 1 aromatic rings. The van der Waals surface area contributed by atoms with E-state index in [0.717, 1.165) is 51.4 Å². The maximum atomic E-state index is 12.1. The highest BCUT2D eigenvalue weighted by Crippen LogP contribution is 2.33. The highest BCUT2D eigenvalue weighted by atomic mass is 32.2. The van der Waals surface area contributed by atoms with Gasteiger partial charge in [-0.05, 0) is 76.1 Å². The highest BCUT2D eigenvalue weighted by Gasteiger charge is 2.27. The summed E-state index contributed by atoms with van der Waals surface area (Å²) in [5.41, 5.74) is 2.78. The third-order valence-electron chi connectivity index (χ3n) is 6.80. The quantitative estimate of drug-likeness (QED) is 0.686. The summed E-state index contributed by atoms with van der Waals surface area (Å²) >= 11 is 0. The smallest absolute Gasteiger partial charge is 0.152 e. The van der Waals surface area contributed by atoms with Gasteiger partial charge in [0.25, 0.3) is 0 Å². The van der Waals surface area contributed by atoms with Crippen LogP contribution in [0.5, 0.6) is 0 Å². The van der Waals surface area contributed by atoms with Crippen molar-refractivity contribution in [3.8, 4) is 0 Å². The fraction of sp³-hybridized carbons (Fsp3) is 0.739. The molecular formula is C23H38N2O2S. The van der Waals surface area contributed by atoms with Crippen LogP contribution < -0.4 is 4.90 Å². The minimum atomic E-state index is -2.89. The van der Waals surface area contributed by atoms with Gasteiger partial charge in [-0.15, -0.1) is 0 Å². The van der Waals surface area contributed by atoms with Gasteiger partial charge in [0.05, 0.1) is 11.0 Å². The molecule has 0 N–H and O–H groups in total. The molecule has 0 spiro atoms. The molecule has 2 fully saturated rings. The van der Waals surface area contributed by atoms with E-state index in [0.29, 0.717) is 11.7 Å². The fourth-order valence-corrected chi connectivity index (χ4v) is 5.89. The van der Waals surface area contributed by atoms with E-state index in [4.69, 9.17) is 0 Å². The van der Waals surface area contributed by atoms with Crippen molar-refractivity contribution in [3.05, 3.63) is 29.8 Å². The first-order valence-electron chi connectivity index (χ1n) is 11.1. The maximum absolute atomic E-state index is 12.1. The zero-order chi connectivity index (χ0) is 20.1. The molecule has 2 aliphatic rings. The molecule has 28 heavy (non-hydrogen) atoms. The van der Waals surface area contributed by atoms with Crippen LogP contribution in [0.4, 0.5) is 5.69 Å². The number of likely N-dealkylation sites (N-methyl/N-ethyl adjacent to an activating group) is 1. The number of sulfone groups is 1. The summed E-state index contributed by atoms with van der Waals surface area (Å²) in [5, 5.41) is -0.237. The van der Waals surface area contributed by atoms with Crippen molar-refractivity contribution in [3.63, 3.8) is 0 Å². The first kappa shape index (κ1) is 21.6. The number of hydrogen-bond donors (Lipinski definition) is 0. The number of aryl methyl sites for hydroxylation is 1. The third-order valence-corrected chi connectivity index (χ3v) is 9.17. The van der Waals surface area contributed by atoms with Crippen molar-refractivity contribution >= 4 is 15.5 Å². The molecule has 0 radical (unpaired) electrons. The largest absolute Gasteiger partial charge is 0.369 e. The van der Waals surface area contributed by atoms with Gasteiger partial charge in [0, 0.05) is 31.9 Å². The van der Waals surface area contributed by atoms with E-state index in [1.165, 1.54) is 30.5 Å². The van der Waals surface area contributed by atoms with Crippen LogP contribution in [0.2, 0.25) is 0 Å². The summed E-state index contributed by atoms with van der Waals surface area (Å²) in [6, 6.07) is 9.17. The van der Waals surface area contributed by atoms with Gasteiger partial charge in [-0.3, -0.25) is 0 Å². The summed E-state index contributed by atoms with van der Waals surface area (Å²) in [7, 11) is -0.702. The molecular weight excluding hydrogens is 368 g/mol. The summed E-state index contributed by atoms with van der Waals surface area (Å²) in [6.45, 7) is 8.12. The number of rotatable bonds is 7. The second kappa shape index (κ2) is 9.62. The molecule has 1 aliphatic carbocycles. The second-order valence-electron chi connectivity index (χ2n) is 9.26. The van der Waals surface area contributed by atoms with Crippen LogP contribution in [0.25, 0.3) is 0 Å². The average Bonchev–Trinajstić information content (AvgIpc) is 2.68. The Morgan fingerprint density at radius 1 is 0.929 bits per heavy atom. The minimum absolute atomic E-state index is 0.237. The summed E-state index contributed by atoms with van der Waals surface area (Å²) in [6.07, 6.45) is 6.92. The van der Waals surface area contributed by atoms with Crippen molar-refractivity contribution < 1.29 is 8.42 Å². The van der Waals surface area contributed by atoms with E-state index in [2.05, 4.69) is 41.1 Å². The Morgan fingerprint density at radius 3 is 2.07 bits per heavy atom. The van der Waals surface area contributed by atoms with Gasteiger partial charge in [0.1, 0.15) is 0 Å². The van der Waals surface area contributed by atoms with Gasteiger partial charge in [0.15, 0.2) is 9.84 Å². The Labute approximate surface area is 172 Å². The minimum Gasteiger partial charge on any atom is -0.369 e. The molecule has 1 aromatic carbocycles. The molecule has 0 unspecified atom stereocenters. The van der Waals surface area contributed by atoms with Crippen molar-refractivity contribution in [2.45, 2.75) is 57.6 Å². The predicted octanol–water partition coefficient (Wildman–Crippen LogP) is 4.00. The molecule has 1 saturated carbocycles. The zero-order valence-electron chi connectivity index (χ0n) is 17.9.